The first kappa shape index (κ1) is 10.5. The summed E-state index contributed by atoms with van der Waals surface area (Å²) in [6, 6.07) is 0. The summed E-state index contributed by atoms with van der Waals surface area (Å²) in [6.07, 6.45) is 12.3. The van der Waals surface area contributed by atoms with Gasteiger partial charge in [-0.3, -0.25) is 0 Å². The molecule has 1 nitrogen and oxygen atoms in total. The van der Waals surface area contributed by atoms with Gasteiger partial charge < -0.3 is 4.74 Å². The van der Waals surface area contributed by atoms with Crippen molar-refractivity contribution in [3.63, 3.8) is 0 Å². The molecule has 1 aliphatic heterocycles. The molecule has 0 aromatic rings. The van der Waals surface area contributed by atoms with E-state index in [0.29, 0.717) is 6.10 Å². The third-order valence-corrected chi connectivity index (χ3v) is 2.32. The van der Waals surface area contributed by atoms with E-state index in [9.17, 15) is 0 Å². The molecule has 1 heteroatoms. The zero-order chi connectivity index (χ0) is 9.52. The van der Waals surface area contributed by atoms with E-state index < -0.39 is 0 Å². The van der Waals surface area contributed by atoms with Gasteiger partial charge >= 0.3 is 0 Å². The van der Waals surface area contributed by atoms with Crippen LogP contribution in [0.2, 0.25) is 0 Å². The van der Waals surface area contributed by atoms with Crippen molar-refractivity contribution >= 4 is 0 Å². The fraction of sp³-hybridized carbons (Fsp3) is 0.667. The Morgan fingerprint density at radius 3 is 2.85 bits per heavy atom. The first-order valence-corrected chi connectivity index (χ1v) is 5.27. The topological polar surface area (TPSA) is 12.5 Å². The van der Waals surface area contributed by atoms with E-state index in [1.165, 1.54) is 31.3 Å². The second-order valence-corrected chi connectivity index (χ2v) is 3.70. The van der Waals surface area contributed by atoms with Crippen molar-refractivity contribution in [2.24, 2.45) is 0 Å². The Morgan fingerprint density at radius 2 is 2.31 bits per heavy atom. The Balaban J connectivity index is 0.000000145. The minimum absolute atomic E-state index is 0.634. The molecule has 0 spiro atoms. The van der Waals surface area contributed by atoms with Gasteiger partial charge in [-0.15, -0.1) is 0 Å². The maximum absolute atomic E-state index is 4.86. The molecule has 0 radical (unpaired) electrons. The molecule has 0 aromatic heterocycles. The predicted octanol–water partition coefficient (Wildman–Crippen LogP) is 3.47. The summed E-state index contributed by atoms with van der Waals surface area (Å²) >= 11 is 0. The molecular weight excluding hydrogens is 160 g/mol. The summed E-state index contributed by atoms with van der Waals surface area (Å²) in [5.41, 5.74) is 1.51. The van der Waals surface area contributed by atoms with Crippen molar-refractivity contribution in [2.45, 2.75) is 45.6 Å². The van der Waals surface area contributed by atoms with Crippen LogP contribution in [0.1, 0.15) is 39.5 Å². The predicted molar refractivity (Wildman–Crippen MR) is 56.8 cm³/mol. The van der Waals surface area contributed by atoms with E-state index in [2.05, 4.69) is 32.1 Å². The Hall–Kier alpha value is -0.560. The second kappa shape index (κ2) is 5.98. The summed E-state index contributed by atoms with van der Waals surface area (Å²) in [5, 5.41) is 0. The summed E-state index contributed by atoms with van der Waals surface area (Å²) in [5.74, 6) is 0. The normalized spacial score (nSPS) is 25.4. The smallest absolute Gasteiger partial charge is 0.0807 e. The van der Waals surface area contributed by atoms with Crippen molar-refractivity contribution in [1.29, 1.82) is 0 Å². The van der Waals surface area contributed by atoms with Gasteiger partial charge in [-0.1, -0.05) is 30.7 Å². The molecule has 74 valence electrons. The number of epoxide rings is 1. The van der Waals surface area contributed by atoms with Gasteiger partial charge in [0.25, 0.3) is 0 Å². The van der Waals surface area contributed by atoms with Gasteiger partial charge in [0.15, 0.2) is 0 Å². The van der Waals surface area contributed by atoms with Crippen LogP contribution in [0, 0.1) is 0 Å². The number of hydrogen-bond acceptors (Lipinski definition) is 1. The third-order valence-electron chi connectivity index (χ3n) is 2.32. The number of hydrogen-bond donors (Lipinski definition) is 0. The van der Waals surface area contributed by atoms with Crippen molar-refractivity contribution < 1.29 is 4.74 Å². The zero-order valence-electron chi connectivity index (χ0n) is 8.75. The van der Waals surface area contributed by atoms with Crippen LogP contribution in [0.15, 0.2) is 23.8 Å². The maximum atomic E-state index is 4.86. The van der Waals surface area contributed by atoms with Crippen LogP contribution in [0.3, 0.4) is 0 Å². The SMILES string of the molecule is CC1=CC=CCCC1.CCC1CO1. The van der Waals surface area contributed by atoms with Crippen LogP contribution in [0.4, 0.5) is 0 Å². The average Bonchev–Trinajstić information content (AvgIpc) is 2.91. The Labute approximate surface area is 81.5 Å². The molecule has 1 fully saturated rings. The van der Waals surface area contributed by atoms with E-state index in [-0.39, 0.29) is 0 Å². The monoisotopic (exact) mass is 180 g/mol. The molecule has 1 atom stereocenters. The third kappa shape index (κ3) is 5.64. The lowest BCUT2D eigenvalue weighted by molar-refractivity contribution is 0.403. The Bertz CT molecular complexity index is 187. The summed E-state index contributed by atoms with van der Waals surface area (Å²) in [6.45, 7) is 5.34. The average molecular weight is 180 g/mol. The van der Waals surface area contributed by atoms with Crippen LogP contribution in [0.25, 0.3) is 0 Å². The first-order valence-electron chi connectivity index (χ1n) is 5.27. The number of ether oxygens (including phenoxy) is 1. The molecule has 1 aliphatic carbocycles. The van der Waals surface area contributed by atoms with Gasteiger partial charge in [-0.2, -0.15) is 0 Å². The molecule has 1 heterocycles. The van der Waals surface area contributed by atoms with Gasteiger partial charge in [0.05, 0.1) is 12.7 Å². The van der Waals surface area contributed by atoms with Gasteiger partial charge in [-0.05, 0) is 32.6 Å². The fourth-order valence-electron chi connectivity index (χ4n) is 1.21. The minimum atomic E-state index is 0.634. The summed E-state index contributed by atoms with van der Waals surface area (Å²) in [7, 11) is 0. The quantitative estimate of drug-likeness (QED) is 0.563. The molecule has 0 aromatic carbocycles. The highest BCUT2D eigenvalue weighted by atomic mass is 16.6. The standard InChI is InChI=1S/C8H12.C4H8O/c1-8-6-4-2-3-5-7-8;1-2-4-3-5-4/h2,4,6H,3,5,7H2,1H3;4H,2-3H2,1H3. The molecule has 1 unspecified atom stereocenters. The molecule has 0 bridgehead atoms. The molecule has 2 rings (SSSR count). The fourth-order valence-corrected chi connectivity index (χ4v) is 1.21. The van der Waals surface area contributed by atoms with E-state index >= 15 is 0 Å². The lowest BCUT2D eigenvalue weighted by Crippen LogP contribution is -1.73. The van der Waals surface area contributed by atoms with E-state index in [4.69, 9.17) is 4.74 Å². The van der Waals surface area contributed by atoms with Gasteiger partial charge in [0.2, 0.25) is 0 Å². The van der Waals surface area contributed by atoms with E-state index in [0.717, 1.165) is 6.61 Å². The van der Waals surface area contributed by atoms with Crippen molar-refractivity contribution in [1.82, 2.24) is 0 Å². The van der Waals surface area contributed by atoms with E-state index in [1.54, 1.807) is 0 Å². The van der Waals surface area contributed by atoms with Gasteiger partial charge in [0, 0.05) is 0 Å². The maximum Gasteiger partial charge on any atom is 0.0807 e. The Morgan fingerprint density at radius 1 is 1.54 bits per heavy atom. The second-order valence-electron chi connectivity index (χ2n) is 3.70. The highest BCUT2D eigenvalue weighted by Crippen LogP contribution is 2.11. The number of rotatable bonds is 1. The highest BCUT2D eigenvalue weighted by molar-refractivity contribution is 5.12. The molecular formula is C12H20O. The first-order chi connectivity index (χ1) is 6.33. The van der Waals surface area contributed by atoms with Crippen LogP contribution in [0.5, 0.6) is 0 Å². The van der Waals surface area contributed by atoms with Crippen molar-refractivity contribution in [2.75, 3.05) is 6.61 Å². The van der Waals surface area contributed by atoms with Gasteiger partial charge in [0.1, 0.15) is 0 Å². The largest absolute Gasteiger partial charge is 0.373 e. The lowest BCUT2D eigenvalue weighted by Gasteiger charge is -1.91. The highest BCUT2D eigenvalue weighted by Gasteiger charge is 2.18. The van der Waals surface area contributed by atoms with Crippen molar-refractivity contribution in [3.8, 4) is 0 Å². The minimum Gasteiger partial charge on any atom is -0.373 e. The van der Waals surface area contributed by atoms with Crippen LogP contribution < -0.4 is 0 Å². The summed E-state index contributed by atoms with van der Waals surface area (Å²) in [4.78, 5) is 0. The van der Waals surface area contributed by atoms with Crippen LogP contribution in [-0.4, -0.2) is 12.7 Å². The molecule has 2 aliphatic rings. The summed E-state index contributed by atoms with van der Waals surface area (Å²) < 4.78 is 4.86. The van der Waals surface area contributed by atoms with Crippen molar-refractivity contribution in [3.05, 3.63) is 23.8 Å². The Kier molecular flexibility index (Phi) is 4.84. The zero-order valence-corrected chi connectivity index (χ0v) is 8.75. The molecule has 0 saturated carbocycles. The molecule has 1 saturated heterocycles. The lowest BCUT2D eigenvalue weighted by atomic mass is 10.1. The van der Waals surface area contributed by atoms with Crippen LogP contribution in [-0.2, 0) is 4.74 Å². The van der Waals surface area contributed by atoms with E-state index in [1.807, 2.05) is 0 Å². The van der Waals surface area contributed by atoms with Crippen LogP contribution >= 0.6 is 0 Å². The molecule has 0 N–H and O–H groups in total. The molecule has 0 amide bonds. The van der Waals surface area contributed by atoms with Gasteiger partial charge in [-0.25, -0.2) is 0 Å². The number of allylic oxidation sites excluding steroid dienone is 4. The molecule has 13 heavy (non-hydrogen) atoms.